The molecule has 4 heteroatoms. The Kier molecular flexibility index (Phi) is 3.61. The summed E-state index contributed by atoms with van der Waals surface area (Å²) in [5.41, 5.74) is 4.25. The summed E-state index contributed by atoms with van der Waals surface area (Å²) in [7, 11) is 0. The van der Waals surface area contributed by atoms with Crippen molar-refractivity contribution in [2.75, 3.05) is 0 Å². The molecule has 0 spiro atoms. The van der Waals surface area contributed by atoms with Crippen molar-refractivity contribution in [1.82, 2.24) is 15.4 Å². The van der Waals surface area contributed by atoms with Gasteiger partial charge in [-0.05, 0) is 34.9 Å². The summed E-state index contributed by atoms with van der Waals surface area (Å²) in [4.78, 5) is 0. The Morgan fingerprint density at radius 2 is 1.50 bits per heavy atom. The predicted molar refractivity (Wildman–Crippen MR) is 82.2 cm³/mol. The van der Waals surface area contributed by atoms with Gasteiger partial charge in [-0.15, -0.1) is 0 Å². The van der Waals surface area contributed by atoms with Gasteiger partial charge in [-0.3, -0.25) is 0 Å². The number of rotatable bonds is 3. The number of aromatic amines is 1. The van der Waals surface area contributed by atoms with Crippen LogP contribution in [0.1, 0.15) is 11.3 Å². The number of benzene rings is 2. The number of nitrogens with one attached hydrogen (secondary N) is 1. The van der Waals surface area contributed by atoms with Gasteiger partial charge in [0.2, 0.25) is 0 Å². The molecule has 1 aromatic heterocycles. The van der Waals surface area contributed by atoms with Crippen molar-refractivity contribution < 1.29 is 0 Å². The van der Waals surface area contributed by atoms with Crippen LogP contribution in [0.2, 0.25) is 5.02 Å². The van der Waals surface area contributed by atoms with Crippen LogP contribution < -0.4 is 0 Å². The first kappa shape index (κ1) is 12.6. The summed E-state index contributed by atoms with van der Waals surface area (Å²) in [5.74, 6) is 0. The van der Waals surface area contributed by atoms with Crippen LogP contribution in [0.25, 0.3) is 23.3 Å². The van der Waals surface area contributed by atoms with E-state index in [0.717, 1.165) is 21.8 Å². The van der Waals surface area contributed by atoms with E-state index in [1.54, 1.807) is 6.20 Å². The minimum atomic E-state index is 0.751. The normalized spacial score (nSPS) is 11.1. The van der Waals surface area contributed by atoms with Crippen molar-refractivity contribution in [3.63, 3.8) is 0 Å². The minimum absolute atomic E-state index is 0.751. The molecule has 0 atom stereocenters. The van der Waals surface area contributed by atoms with Crippen LogP contribution in [-0.2, 0) is 0 Å². The Morgan fingerprint density at radius 1 is 0.850 bits per heavy atom. The summed E-state index contributed by atoms with van der Waals surface area (Å²) < 4.78 is 0. The number of nitrogens with zero attached hydrogens (tertiary/aromatic N) is 2. The summed E-state index contributed by atoms with van der Waals surface area (Å²) >= 11 is 5.89. The first-order chi connectivity index (χ1) is 9.81. The lowest BCUT2D eigenvalue weighted by molar-refractivity contribution is 0.937. The molecule has 0 fully saturated rings. The van der Waals surface area contributed by atoms with Gasteiger partial charge in [-0.1, -0.05) is 54.1 Å². The van der Waals surface area contributed by atoms with E-state index in [-0.39, 0.29) is 0 Å². The highest BCUT2D eigenvalue weighted by Gasteiger charge is 1.97. The SMILES string of the molecule is Clc1ccc(-c2ccc(C=Cc3cn[nH]n3)cc2)cc1. The van der Waals surface area contributed by atoms with E-state index in [1.807, 2.05) is 36.4 Å². The van der Waals surface area contributed by atoms with E-state index in [0.29, 0.717) is 0 Å². The molecule has 3 rings (SSSR count). The number of hydrogen-bond acceptors (Lipinski definition) is 2. The van der Waals surface area contributed by atoms with Crippen LogP contribution in [0.15, 0.2) is 54.7 Å². The summed E-state index contributed by atoms with van der Waals surface area (Å²) in [5, 5.41) is 11.1. The lowest BCUT2D eigenvalue weighted by atomic mass is 10.0. The highest BCUT2D eigenvalue weighted by molar-refractivity contribution is 6.30. The fraction of sp³-hybridized carbons (Fsp3) is 0. The van der Waals surface area contributed by atoms with E-state index in [2.05, 4.69) is 39.7 Å². The van der Waals surface area contributed by atoms with E-state index in [1.165, 1.54) is 5.56 Å². The molecule has 0 aliphatic carbocycles. The molecule has 0 saturated heterocycles. The molecule has 0 bridgehead atoms. The van der Waals surface area contributed by atoms with Crippen LogP contribution in [-0.4, -0.2) is 15.4 Å². The zero-order valence-corrected chi connectivity index (χ0v) is 11.4. The lowest BCUT2D eigenvalue weighted by Crippen LogP contribution is -1.78. The van der Waals surface area contributed by atoms with Crippen molar-refractivity contribution in [3.05, 3.63) is 71.0 Å². The molecule has 3 aromatic rings. The first-order valence-corrected chi connectivity index (χ1v) is 6.59. The largest absolute Gasteiger partial charge is 0.197 e. The van der Waals surface area contributed by atoms with Crippen LogP contribution in [0.5, 0.6) is 0 Å². The third-order valence-corrected chi connectivity index (χ3v) is 3.22. The Labute approximate surface area is 121 Å². The molecule has 98 valence electrons. The predicted octanol–water partition coefficient (Wildman–Crippen LogP) is 4.30. The summed E-state index contributed by atoms with van der Waals surface area (Å²) in [6.45, 7) is 0. The Balaban J connectivity index is 1.79. The fourth-order valence-electron chi connectivity index (χ4n) is 1.90. The first-order valence-electron chi connectivity index (χ1n) is 6.21. The highest BCUT2D eigenvalue weighted by Crippen LogP contribution is 2.22. The quantitative estimate of drug-likeness (QED) is 0.778. The lowest BCUT2D eigenvalue weighted by Gasteiger charge is -2.02. The Morgan fingerprint density at radius 3 is 2.10 bits per heavy atom. The minimum Gasteiger partial charge on any atom is -0.197 e. The average molecular weight is 282 g/mol. The molecule has 2 aromatic carbocycles. The molecule has 0 aliphatic heterocycles. The van der Waals surface area contributed by atoms with E-state index >= 15 is 0 Å². The third-order valence-electron chi connectivity index (χ3n) is 2.97. The van der Waals surface area contributed by atoms with Crippen molar-refractivity contribution in [2.24, 2.45) is 0 Å². The van der Waals surface area contributed by atoms with Gasteiger partial charge in [0.25, 0.3) is 0 Å². The van der Waals surface area contributed by atoms with Crippen molar-refractivity contribution in [1.29, 1.82) is 0 Å². The maximum absolute atomic E-state index is 5.89. The Bertz CT molecular complexity index is 698. The molecule has 3 nitrogen and oxygen atoms in total. The molecule has 1 N–H and O–H groups in total. The van der Waals surface area contributed by atoms with Crippen molar-refractivity contribution >= 4 is 23.8 Å². The number of hydrogen-bond donors (Lipinski definition) is 1. The van der Waals surface area contributed by atoms with Crippen LogP contribution in [0.3, 0.4) is 0 Å². The molecule has 20 heavy (non-hydrogen) atoms. The molecule has 0 radical (unpaired) electrons. The van der Waals surface area contributed by atoms with Crippen molar-refractivity contribution in [2.45, 2.75) is 0 Å². The van der Waals surface area contributed by atoms with Crippen LogP contribution >= 0.6 is 11.6 Å². The number of aromatic nitrogens is 3. The zero-order chi connectivity index (χ0) is 13.8. The maximum Gasteiger partial charge on any atom is 0.105 e. The number of halogens is 1. The van der Waals surface area contributed by atoms with Gasteiger partial charge in [-0.2, -0.15) is 15.4 Å². The van der Waals surface area contributed by atoms with E-state index in [4.69, 9.17) is 11.6 Å². The van der Waals surface area contributed by atoms with Gasteiger partial charge < -0.3 is 0 Å². The van der Waals surface area contributed by atoms with Gasteiger partial charge in [-0.25, -0.2) is 0 Å². The highest BCUT2D eigenvalue weighted by atomic mass is 35.5. The molecule has 0 saturated carbocycles. The van der Waals surface area contributed by atoms with Crippen LogP contribution in [0.4, 0.5) is 0 Å². The second kappa shape index (κ2) is 5.72. The van der Waals surface area contributed by atoms with E-state index < -0.39 is 0 Å². The fourth-order valence-corrected chi connectivity index (χ4v) is 2.03. The van der Waals surface area contributed by atoms with Gasteiger partial charge in [0.05, 0.1) is 6.20 Å². The average Bonchev–Trinajstić information content (AvgIpc) is 3.00. The molecule has 0 amide bonds. The molecule has 0 aliphatic rings. The smallest absolute Gasteiger partial charge is 0.105 e. The monoisotopic (exact) mass is 281 g/mol. The molecular weight excluding hydrogens is 270 g/mol. The van der Waals surface area contributed by atoms with Crippen molar-refractivity contribution in [3.8, 4) is 11.1 Å². The van der Waals surface area contributed by atoms with E-state index in [9.17, 15) is 0 Å². The molecule has 0 unspecified atom stereocenters. The molecule has 1 heterocycles. The zero-order valence-electron chi connectivity index (χ0n) is 10.6. The topological polar surface area (TPSA) is 41.6 Å². The summed E-state index contributed by atoms with van der Waals surface area (Å²) in [6.07, 6.45) is 5.60. The molecular formula is C16H12ClN3. The second-order valence-corrected chi connectivity index (χ2v) is 4.79. The van der Waals surface area contributed by atoms with Gasteiger partial charge in [0.15, 0.2) is 0 Å². The number of H-pyrrole nitrogens is 1. The second-order valence-electron chi connectivity index (χ2n) is 4.36. The summed E-state index contributed by atoms with van der Waals surface area (Å²) in [6, 6.07) is 16.1. The third kappa shape index (κ3) is 2.95. The van der Waals surface area contributed by atoms with Gasteiger partial charge >= 0.3 is 0 Å². The maximum atomic E-state index is 5.89. The Hall–Kier alpha value is -2.39. The van der Waals surface area contributed by atoms with Crippen LogP contribution in [0, 0.1) is 0 Å². The van der Waals surface area contributed by atoms with Gasteiger partial charge in [0, 0.05) is 5.02 Å². The standard InChI is InChI=1S/C16H12ClN3/c17-15-8-6-14(7-9-15)13-4-1-12(2-5-13)3-10-16-11-18-20-19-16/h1-11H,(H,18,19,20). The van der Waals surface area contributed by atoms with Gasteiger partial charge in [0.1, 0.15) is 5.69 Å².